The second-order valence-electron chi connectivity index (χ2n) is 3.98. The minimum Gasteiger partial charge on any atom is -0.309 e. The molecule has 1 aromatic carbocycles. The molecule has 0 saturated carbocycles. The van der Waals surface area contributed by atoms with Crippen LogP contribution in [-0.4, -0.2) is 7.05 Å². The van der Waals surface area contributed by atoms with Crippen molar-refractivity contribution in [2.75, 3.05) is 7.05 Å². The number of thiophene rings is 1. The van der Waals surface area contributed by atoms with Crippen molar-refractivity contribution in [2.24, 2.45) is 0 Å². The van der Waals surface area contributed by atoms with Gasteiger partial charge in [0, 0.05) is 16.5 Å². The first-order chi connectivity index (χ1) is 8.54. The first-order valence-electron chi connectivity index (χ1n) is 5.40. The molecule has 1 unspecified atom stereocenters. The van der Waals surface area contributed by atoms with Gasteiger partial charge in [0.05, 0.1) is 11.1 Å². The Hall–Kier alpha value is -0.970. The van der Waals surface area contributed by atoms with Gasteiger partial charge in [-0.05, 0) is 31.0 Å². The molecule has 0 aliphatic heterocycles. The van der Waals surface area contributed by atoms with E-state index in [1.807, 2.05) is 12.3 Å². The SMILES string of the molecule is CNC(c1ccc(F)cc1F)c1scc(C)c1Cl. The lowest BCUT2D eigenvalue weighted by Crippen LogP contribution is -2.18. The van der Waals surface area contributed by atoms with Gasteiger partial charge in [-0.3, -0.25) is 0 Å². The Morgan fingerprint density at radius 2 is 2.06 bits per heavy atom. The largest absolute Gasteiger partial charge is 0.309 e. The van der Waals surface area contributed by atoms with E-state index in [0.29, 0.717) is 10.6 Å². The summed E-state index contributed by atoms with van der Waals surface area (Å²) in [6.07, 6.45) is 0. The molecule has 1 heterocycles. The molecule has 1 N–H and O–H groups in total. The van der Waals surface area contributed by atoms with Crippen molar-refractivity contribution in [1.82, 2.24) is 5.32 Å². The topological polar surface area (TPSA) is 12.0 Å². The van der Waals surface area contributed by atoms with Crippen molar-refractivity contribution >= 4 is 22.9 Å². The molecule has 1 aromatic heterocycles. The average molecular weight is 288 g/mol. The summed E-state index contributed by atoms with van der Waals surface area (Å²) in [5, 5.41) is 5.56. The number of nitrogens with one attached hydrogen (secondary N) is 1. The predicted molar refractivity (Wildman–Crippen MR) is 71.3 cm³/mol. The van der Waals surface area contributed by atoms with Crippen LogP contribution in [0.2, 0.25) is 5.02 Å². The molecule has 0 spiro atoms. The highest BCUT2D eigenvalue weighted by Crippen LogP contribution is 2.36. The molecule has 18 heavy (non-hydrogen) atoms. The Kier molecular flexibility index (Phi) is 4.00. The summed E-state index contributed by atoms with van der Waals surface area (Å²) in [4.78, 5) is 0.835. The maximum Gasteiger partial charge on any atom is 0.131 e. The van der Waals surface area contributed by atoms with Gasteiger partial charge < -0.3 is 5.32 Å². The number of halogens is 3. The van der Waals surface area contributed by atoms with Crippen LogP contribution in [0.15, 0.2) is 23.6 Å². The van der Waals surface area contributed by atoms with Crippen LogP contribution in [-0.2, 0) is 0 Å². The van der Waals surface area contributed by atoms with Crippen LogP contribution < -0.4 is 5.32 Å². The van der Waals surface area contributed by atoms with E-state index in [-0.39, 0.29) is 6.04 Å². The first-order valence-corrected chi connectivity index (χ1v) is 6.66. The number of benzene rings is 1. The summed E-state index contributed by atoms with van der Waals surface area (Å²) >= 11 is 7.65. The molecule has 0 amide bonds. The second kappa shape index (κ2) is 5.34. The van der Waals surface area contributed by atoms with Gasteiger partial charge in [-0.1, -0.05) is 17.7 Å². The molecule has 1 nitrogen and oxygen atoms in total. The van der Waals surface area contributed by atoms with Gasteiger partial charge in [-0.15, -0.1) is 11.3 Å². The molecule has 5 heteroatoms. The van der Waals surface area contributed by atoms with Crippen LogP contribution in [0.4, 0.5) is 8.78 Å². The van der Waals surface area contributed by atoms with E-state index in [0.717, 1.165) is 16.5 Å². The highest BCUT2D eigenvalue weighted by Gasteiger charge is 2.21. The van der Waals surface area contributed by atoms with Crippen molar-refractivity contribution in [3.63, 3.8) is 0 Å². The van der Waals surface area contributed by atoms with Crippen molar-refractivity contribution in [1.29, 1.82) is 0 Å². The highest BCUT2D eigenvalue weighted by atomic mass is 35.5. The number of hydrogen-bond acceptors (Lipinski definition) is 2. The fourth-order valence-corrected chi connectivity index (χ4v) is 3.24. The molecule has 0 bridgehead atoms. The van der Waals surface area contributed by atoms with Crippen molar-refractivity contribution in [3.8, 4) is 0 Å². The third-order valence-electron chi connectivity index (χ3n) is 2.75. The van der Waals surface area contributed by atoms with Gasteiger partial charge in [0.1, 0.15) is 11.6 Å². The van der Waals surface area contributed by atoms with E-state index in [4.69, 9.17) is 11.6 Å². The summed E-state index contributed by atoms with van der Waals surface area (Å²) in [6, 6.07) is 3.21. The fraction of sp³-hybridized carbons (Fsp3) is 0.231. The molecule has 1 atom stereocenters. The zero-order chi connectivity index (χ0) is 13.3. The highest BCUT2D eigenvalue weighted by molar-refractivity contribution is 7.10. The van der Waals surface area contributed by atoms with Crippen LogP contribution in [0.3, 0.4) is 0 Å². The third-order valence-corrected chi connectivity index (χ3v) is 4.53. The van der Waals surface area contributed by atoms with Crippen LogP contribution in [0.25, 0.3) is 0 Å². The predicted octanol–water partition coefficient (Wildman–Crippen LogP) is 4.30. The maximum absolute atomic E-state index is 13.8. The number of hydrogen-bond donors (Lipinski definition) is 1. The van der Waals surface area contributed by atoms with E-state index < -0.39 is 11.6 Å². The summed E-state index contributed by atoms with van der Waals surface area (Å²) < 4.78 is 26.7. The summed E-state index contributed by atoms with van der Waals surface area (Å²) in [5.74, 6) is -1.16. The Morgan fingerprint density at radius 3 is 2.56 bits per heavy atom. The fourth-order valence-electron chi connectivity index (χ4n) is 1.81. The minimum absolute atomic E-state index is 0.364. The summed E-state index contributed by atoms with van der Waals surface area (Å²) in [7, 11) is 1.72. The Morgan fingerprint density at radius 1 is 1.33 bits per heavy atom. The summed E-state index contributed by atoms with van der Waals surface area (Å²) in [6.45, 7) is 1.90. The molecule has 0 aliphatic carbocycles. The van der Waals surface area contributed by atoms with Gasteiger partial charge in [-0.2, -0.15) is 0 Å². The Labute approximate surface area is 113 Å². The number of rotatable bonds is 3. The van der Waals surface area contributed by atoms with Gasteiger partial charge >= 0.3 is 0 Å². The van der Waals surface area contributed by atoms with Crippen LogP contribution in [0.5, 0.6) is 0 Å². The molecule has 2 rings (SSSR count). The zero-order valence-electron chi connectivity index (χ0n) is 9.93. The molecule has 0 radical (unpaired) electrons. The molecule has 0 fully saturated rings. The zero-order valence-corrected chi connectivity index (χ0v) is 11.5. The average Bonchev–Trinajstić information content (AvgIpc) is 2.65. The maximum atomic E-state index is 13.8. The standard InChI is InChI=1S/C13H12ClF2NS/c1-7-6-18-13(11(7)14)12(17-2)9-4-3-8(15)5-10(9)16/h3-6,12,17H,1-2H3. The van der Waals surface area contributed by atoms with Crippen LogP contribution in [0.1, 0.15) is 22.0 Å². The molecular weight excluding hydrogens is 276 g/mol. The molecule has 0 aliphatic rings. The quantitative estimate of drug-likeness (QED) is 0.888. The Bertz CT molecular complexity index is 568. The summed E-state index contributed by atoms with van der Waals surface area (Å²) in [5.41, 5.74) is 1.35. The van der Waals surface area contributed by atoms with Crippen LogP contribution in [0, 0.1) is 18.6 Å². The molecule has 2 aromatic rings. The van der Waals surface area contributed by atoms with Gasteiger partial charge in [0.25, 0.3) is 0 Å². The van der Waals surface area contributed by atoms with Crippen molar-refractivity contribution in [3.05, 3.63) is 56.2 Å². The van der Waals surface area contributed by atoms with E-state index >= 15 is 0 Å². The van der Waals surface area contributed by atoms with E-state index in [9.17, 15) is 8.78 Å². The minimum atomic E-state index is -0.584. The van der Waals surface area contributed by atoms with E-state index in [1.165, 1.54) is 23.5 Å². The molecule has 96 valence electrons. The van der Waals surface area contributed by atoms with E-state index in [2.05, 4.69) is 5.32 Å². The second-order valence-corrected chi connectivity index (χ2v) is 5.27. The van der Waals surface area contributed by atoms with Crippen LogP contribution >= 0.6 is 22.9 Å². The van der Waals surface area contributed by atoms with Gasteiger partial charge in [-0.25, -0.2) is 8.78 Å². The lowest BCUT2D eigenvalue weighted by molar-refractivity contribution is 0.553. The first kappa shape index (κ1) is 13.5. The lowest BCUT2D eigenvalue weighted by atomic mass is 10.0. The smallest absolute Gasteiger partial charge is 0.131 e. The Balaban J connectivity index is 2.48. The van der Waals surface area contributed by atoms with Crippen molar-refractivity contribution in [2.45, 2.75) is 13.0 Å². The number of aryl methyl sites for hydroxylation is 1. The lowest BCUT2D eigenvalue weighted by Gasteiger charge is -2.16. The molecule has 0 saturated heterocycles. The molecular formula is C13H12ClF2NS. The third kappa shape index (κ3) is 2.41. The van der Waals surface area contributed by atoms with Gasteiger partial charge in [0.15, 0.2) is 0 Å². The normalized spacial score (nSPS) is 12.7. The monoisotopic (exact) mass is 287 g/mol. The van der Waals surface area contributed by atoms with E-state index in [1.54, 1.807) is 7.05 Å². The van der Waals surface area contributed by atoms with Crippen molar-refractivity contribution < 1.29 is 8.78 Å². The van der Waals surface area contributed by atoms with Gasteiger partial charge in [0.2, 0.25) is 0 Å².